The highest BCUT2D eigenvalue weighted by Crippen LogP contribution is 2.50. The van der Waals surface area contributed by atoms with Gasteiger partial charge in [-0.1, -0.05) is 19.9 Å². The van der Waals surface area contributed by atoms with Crippen LogP contribution >= 0.6 is 11.3 Å². The Kier molecular flexibility index (Phi) is 6.95. The van der Waals surface area contributed by atoms with Crippen LogP contribution in [0.5, 0.6) is 17.2 Å². The molecule has 0 saturated carbocycles. The molecule has 0 fully saturated rings. The molecule has 0 bridgehead atoms. The molecule has 0 radical (unpaired) electrons. The van der Waals surface area contributed by atoms with Gasteiger partial charge in [-0.3, -0.25) is 4.90 Å². The highest BCUT2D eigenvalue weighted by atomic mass is 32.1. The van der Waals surface area contributed by atoms with Gasteiger partial charge in [0.2, 0.25) is 5.75 Å². The third-order valence-electron chi connectivity index (χ3n) is 5.36. The van der Waals surface area contributed by atoms with Crippen LogP contribution in [-0.4, -0.2) is 40.3 Å². The van der Waals surface area contributed by atoms with Crippen molar-refractivity contribution >= 4 is 11.3 Å². The predicted molar refractivity (Wildman–Crippen MR) is 109 cm³/mol. The van der Waals surface area contributed by atoms with Crippen LogP contribution in [0.2, 0.25) is 0 Å². The fourth-order valence-electron chi connectivity index (χ4n) is 4.12. The first-order chi connectivity index (χ1) is 12.5. The van der Waals surface area contributed by atoms with E-state index in [9.17, 15) is 0 Å². The minimum Gasteiger partial charge on any atom is -0.493 e. The number of ether oxygens (including phenoxy) is 3. The molecule has 0 spiro atoms. The van der Waals surface area contributed by atoms with Gasteiger partial charge in [0.15, 0.2) is 11.5 Å². The van der Waals surface area contributed by atoms with Crippen LogP contribution in [0.4, 0.5) is 0 Å². The summed E-state index contributed by atoms with van der Waals surface area (Å²) >= 11 is 1.82. The number of likely N-dealkylation sites (N-methyl/N-ethyl adjacent to an activating group) is 1. The first-order valence-corrected chi connectivity index (χ1v) is 9.89. The Labute approximate surface area is 161 Å². The third-order valence-corrected chi connectivity index (χ3v) is 6.40. The van der Waals surface area contributed by atoms with Crippen molar-refractivity contribution in [3.63, 3.8) is 0 Å². The smallest absolute Gasteiger partial charge is 0.203 e. The van der Waals surface area contributed by atoms with E-state index in [1.165, 1.54) is 10.4 Å². The van der Waals surface area contributed by atoms with Crippen LogP contribution in [0.15, 0.2) is 29.6 Å². The van der Waals surface area contributed by atoms with Crippen LogP contribution in [0.3, 0.4) is 0 Å². The molecule has 0 N–H and O–H groups in total. The fraction of sp³-hybridized carbons (Fsp3) is 0.524. The van der Waals surface area contributed by atoms with E-state index in [0.29, 0.717) is 17.2 Å². The predicted octanol–water partition coefficient (Wildman–Crippen LogP) is 5.13. The van der Waals surface area contributed by atoms with Gasteiger partial charge in [0.05, 0.1) is 26.9 Å². The molecule has 0 saturated heterocycles. The molecule has 1 aromatic heterocycles. The van der Waals surface area contributed by atoms with Crippen molar-refractivity contribution in [2.45, 2.75) is 38.1 Å². The molecule has 2 rings (SSSR count). The maximum Gasteiger partial charge on any atom is 0.203 e. The molecule has 2 atom stereocenters. The van der Waals surface area contributed by atoms with Gasteiger partial charge in [-0.05, 0) is 56.1 Å². The first-order valence-electron chi connectivity index (χ1n) is 9.01. The lowest BCUT2D eigenvalue weighted by molar-refractivity contribution is 0.108. The van der Waals surface area contributed by atoms with Crippen LogP contribution in [0.25, 0.3) is 0 Å². The standard InChI is InChI=1S/C21H31NO3S/c1-8-16(21(9-2,22(3)4)19-11-10-12-26-19)15-13-17(23-5)20(25-7)18(14-15)24-6/h10-14,16H,8-9H2,1-7H3. The van der Waals surface area contributed by atoms with E-state index >= 15 is 0 Å². The Morgan fingerprint density at radius 1 is 1.04 bits per heavy atom. The Balaban J connectivity index is 2.69. The first kappa shape index (κ1) is 20.6. The zero-order valence-corrected chi connectivity index (χ0v) is 17.8. The molecule has 1 aromatic carbocycles. The minimum atomic E-state index is -0.0898. The van der Waals surface area contributed by atoms with Crippen molar-refractivity contribution in [3.8, 4) is 17.2 Å². The van der Waals surface area contributed by atoms with Gasteiger partial charge >= 0.3 is 0 Å². The molecule has 5 heteroatoms. The maximum atomic E-state index is 5.60. The molecule has 4 nitrogen and oxygen atoms in total. The Hall–Kier alpha value is -1.72. The highest BCUT2D eigenvalue weighted by molar-refractivity contribution is 7.10. The van der Waals surface area contributed by atoms with Gasteiger partial charge in [-0.2, -0.15) is 0 Å². The van der Waals surface area contributed by atoms with Crippen molar-refractivity contribution < 1.29 is 14.2 Å². The van der Waals surface area contributed by atoms with E-state index in [-0.39, 0.29) is 11.5 Å². The Morgan fingerprint density at radius 2 is 1.65 bits per heavy atom. The molecule has 1 heterocycles. The van der Waals surface area contributed by atoms with Crippen molar-refractivity contribution in [2.75, 3.05) is 35.4 Å². The van der Waals surface area contributed by atoms with Crippen LogP contribution in [0.1, 0.15) is 43.0 Å². The number of hydrogen-bond donors (Lipinski definition) is 0. The summed E-state index contributed by atoms with van der Waals surface area (Å²) in [4.78, 5) is 3.74. The SMILES string of the molecule is CCC(c1cc(OC)c(OC)c(OC)c1)C(CC)(c1cccs1)N(C)C. The van der Waals surface area contributed by atoms with Crippen molar-refractivity contribution in [1.29, 1.82) is 0 Å². The van der Waals surface area contributed by atoms with E-state index < -0.39 is 0 Å². The van der Waals surface area contributed by atoms with E-state index in [2.05, 4.69) is 62.5 Å². The molecule has 2 unspecified atom stereocenters. The van der Waals surface area contributed by atoms with E-state index in [4.69, 9.17) is 14.2 Å². The minimum absolute atomic E-state index is 0.0898. The average Bonchev–Trinajstić information content (AvgIpc) is 3.19. The monoisotopic (exact) mass is 377 g/mol. The summed E-state index contributed by atoms with van der Waals surface area (Å²) in [6, 6.07) is 8.57. The molecule has 0 amide bonds. The zero-order chi connectivity index (χ0) is 19.3. The average molecular weight is 378 g/mol. The summed E-state index contributed by atoms with van der Waals surface area (Å²) < 4.78 is 16.7. The third kappa shape index (κ3) is 3.42. The number of hydrogen-bond acceptors (Lipinski definition) is 5. The summed E-state index contributed by atoms with van der Waals surface area (Å²) in [5.41, 5.74) is 1.11. The lowest BCUT2D eigenvalue weighted by atomic mass is 9.73. The Bertz CT molecular complexity index is 674. The molecule has 0 aliphatic rings. The van der Waals surface area contributed by atoms with E-state index in [1.807, 2.05) is 11.3 Å². The number of thiophene rings is 1. The number of benzene rings is 1. The zero-order valence-electron chi connectivity index (χ0n) is 17.0. The van der Waals surface area contributed by atoms with Gasteiger partial charge in [-0.25, -0.2) is 0 Å². The van der Waals surface area contributed by atoms with Crippen molar-refractivity contribution in [1.82, 2.24) is 4.90 Å². The molecule has 26 heavy (non-hydrogen) atoms. The molecule has 0 aliphatic carbocycles. The van der Waals surface area contributed by atoms with Crippen molar-refractivity contribution in [2.24, 2.45) is 0 Å². The lowest BCUT2D eigenvalue weighted by Crippen LogP contribution is -2.45. The highest BCUT2D eigenvalue weighted by Gasteiger charge is 2.42. The number of nitrogens with zero attached hydrogens (tertiary/aromatic N) is 1. The molecule has 0 aliphatic heterocycles. The number of rotatable bonds is 9. The summed E-state index contributed by atoms with van der Waals surface area (Å²) in [5.74, 6) is 2.33. The van der Waals surface area contributed by atoms with E-state index in [0.717, 1.165) is 12.8 Å². The topological polar surface area (TPSA) is 30.9 Å². The summed E-state index contributed by atoms with van der Waals surface area (Å²) in [7, 11) is 9.31. The van der Waals surface area contributed by atoms with Crippen molar-refractivity contribution in [3.05, 3.63) is 40.1 Å². The second-order valence-electron chi connectivity index (χ2n) is 6.57. The molecular weight excluding hydrogens is 346 g/mol. The largest absolute Gasteiger partial charge is 0.493 e. The van der Waals surface area contributed by atoms with Crippen LogP contribution in [-0.2, 0) is 5.54 Å². The number of methoxy groups -OCH3 is 3. The van der Waals surface area contributed by atoms with Gasteiger partial charge in [0.1, 0.15) is 0 Å². The second kappa shape index (κ2) is 8.78. The molecule has 144 valence electrons. The summed E-state index contributed by atoms with van der Waals surface area (Å²) in [6.07, 6.45) is 2.01. The summed E-state index contributed by atoms with van der Waals surface area (Å²) in [6.45, 7) is 4.51. The lowest BCUT2D eigenvalue weighted by Gasteiger charge is -2.45. The van der Waals surface area contributed by atoms with Gasteiger partial charge in [0.25, 0.3) is 0 Å². The molecular formula is C21H31NO3S. The summed E-state index contributed by atoms with van der Waals surface area (Å²) in [5, 5.41) is 2.16. The normalized spacial score (nSPS) is 14.8. The maximum absolute atomic E-state index is 5.60. The van der Waals surface area contributed by atoms with Gasteiger partial charge in [0, 0.05) is 10.8 Å². The quantitative estimate of drug-likeness (QED) is 0.606. The molecule has 2 aromatic rings. The van der Waals surface area contributed by atoms with Crippen LogP contribution in [0, 0.1) is 0 Å². The fourth-order valence-corrected chi connectivity index (χ4v) is 5.25. The van der Waals surface area contributed by atoms with Gasteiger partial charge < -0.3 is 14.2 Å². The van der Waals surface area contributed by atoms with Gasteiger partial charge in [-0.15, -0.1) is 11.3 Å². The Morgan fingerprint density at radius 3 is 2.00 bits per heavy atom. The van der Waals surface area contributed by atoms with E-state index in [1.54, 1.807) is 21.3 Å². The second-order valence-corrected chi connectivity index (χ2v) is 7.52. The van der Waals surface area contributed by atoms with Crippen LogP contribution < -0.4 is 14.2 Å².